The van der Waals surface area contributed by atoms with Crippen LogP contribution < -0.4 is 10.6 Å². The van der Waals surface area contributed by atoms with Gasteiger partial charge >= 0.3 is 0 Å². The molecule has 0 unspecified atom stereocenters. The second kappa shape index (κ2) is 7.76. The molecule has 5 heteroatoms. The van der Waals surface area contributed by atoms with Gasteiger partial charge in [0, 0.05) is 16.9 Å². The molecule has 0 fully saturated rings. The molecular formula is C22H20N2O2S. The fraction of sp³-hybridized carbons (Fsp3) is 0.182. The number of carbonyl (C=O) groups excluding carboxylic acids is 2. The largest absolute Gasteiger partial charge is 0.322 e. The van der Waals surface area contributed by atoms with E-state index in [2.05, 4.69) is 16.7 Å². The van der Waals surface area contributed by atoms with Crippen LogP contribution in [0.15, 0.2) is 60.0 Å². The summed E-state index contributed by atoms with van der Waals surface area (Å²) in [5.41, 5.74) is 4.74. The Morgan fingerprint density at radius 3 is 2.41 bits per heavy atom. The summed E-state index contributed by atoms with van der Waals surface area (Å²) < 4.78 is 0. The van der Waals surface area contributed by atoms with Crippen molar-refractivity contribution in [1.29, 1.82) is 0 Å². The summed E-state index contributed by atoms with van der Waals surface area (Å²) in [6, 6.07) is 16.7. The molecule has 0 bridgehead atoms. The summed E-state index contributed by atoms with van der Waals surface area (Å²) in [5.74, 6) is -0.275. The van der Waals surface area contributed by atoms with Crippen molar-refractivity contribution < 1.29 is 9.59 Å². The Balaban J connectivity index is 1.45. The number of carbonyl (C=O) groups is 2. The van der Waals surface area contributed by atoms with Crippen LogP contribution in [0.5, 0.6) is 0 Å². The average molecular weight is 376 g/mol. The molecule has 1 aliphatic rings. The molecule has 1 aromatic heterocycles. The smallest absolute Gasteiger partial charge is 0.265 e. The van der Waals surface area contributed by atoms with Crippen molar-refractivity contribution in [3.8, 4) is 0 Å². The fourth-order valence-corrected chi connectivity index (χ4v) is 4.02. The Hall–Kier alpha value is -2.92. The molecule has 2 aromatic carbocycles. The lowest BCUT2D eigenvalue weighted by Crippen LogP contribution is -2.15. The number of benzene rings is 2. The van der Waals surface area contributed by atoms with Crippen LogP contribution in [0.4, 0.5) is 11.4 Å². The first-order valence-corrected chi connectivity index (χ1v) is 9.96. The molecule has 0 saturated carbocycles. The fourth-order valence-electron chi connectivity index (χ4n) is 3.40. The molecule has 0 saturated heterocycles. The van der Waals surface area contributed by atoms with Gasteiger partial charge in [-0.3, -0.25) is 9.59 Å². The topological polar surface area (TPSA) is 58.2 Å². The Labute approximate surface area is 162 Å². The highest BCUT2D eigenvalue weighted by molar-refractivity contribution is 7.12. The minimum Gasteiger partial charge on any atom is -0.322 e. The van der Waals surface area contributed by atoms with E-state index >= 15 is 0 Å². The van der Waals surface area contributed by atoms with Gasteiger partial charge in [0.1, 0.15) is 0 Å². The minimum absolute atomic E-state index is 0.134. The molecule has 0 spiro atoms. The zero-order chi connectivity index (χ0) is 18.6. The second-order valence-corrected chi connectivity index (χ2v) is 7.56. The van der Waals surface area contributed by atoms with Gasteiger partial charge in [-0.1, -0.05) is 18.2 Å². The maximum atomic E-state index is 12.6. The lowest BCUT2D eigenvalue weighted by molar-refractivity contribution is 0.102. The number of thiophene rings is 1. The number of rotatable bonds is 4. The SMILES string of the molecule is O=C(Nc1cccc2c1CCCC2)c1ccc(NC(=O)c2cccs2)cc1. The van der Waals surface area contributed by atoms with Crippen molar-refractivity contribution in [2.75, 3.05) is 10.6 Å². The second-order valence-electron chi connectivity index (χ2n) is 6.61. The van der Waals surface area contributed by atoms with Crippen LogP contribution in [0, 0.1) is 0 Å². The van der Waals surface area contributed by atoms with Gasteiger partial charge in [0.15, 0.2) is 0 Å². The number of aryl methyl sites for hydroxylation is 1. The van der Waals surface area contributed by atoms with Gasteiger partial charge in [0.2, 0.25) is 0 Å². The van der Waals surface area contributed by atoms with Gasteiger partial charge in [0.25, 0.3) is 11.8 Å². The van der Waals surface area contributed by atoms with Crippen LogP contribution in [-0.2, 0) is 12.8 Å². The number of amides is 2. The normalized spacial score (nSPS) is 12.9. The summed E-state index contributed by atoms with van der Waals surface area (Å²) in [7, 11) is 0. The predicted octanol–water partition coefficient (Wildman–Crippen LogP) is 5.13. The zero-order valence-electron chi connectivity index (χ0n) is 14.8. The van der Waals surface area contributed by atoms with E-state index in [1.54, 1.807) is 30.3 Å². The van der Waals surface area contributed by atoms with Gasteiger partial charge in [-0.25, -0.2) is 0 Å². The zero-order valence-corrected chi connectivity index (χ0v) is 15.6. The number of anilines is 2. The number of hydrogen-bond acceptors (Lipinski definition) is 3. The number of hydrogen-bond donors (Lipinski definition) is 2. The third kappa shape index (κ3) is 3.93. The Bertz CT molecular complexity index is 962. The Morgan fingerprint density at radius 1 is 0.815 bits per heavy atom. The minimum atomic E-state index is -0.141. The van der Waals surface area contributed by atoms with Gasteiger partial charge in [-0.2, -0.15) is 0 Å². The monoisotopic (exact) mass is 376 g/mol. The molecule has 2 N–H and O–H groups in total. The molecule has 0 aliphatic heterocycles. The van der Waals surface area contributed by atoms with E-state index in [0.29, 0.717) is 16.1 Å². The maximum Gasteiger partial charge on any atom is 0.265 e. The van der Waals surface area contributed by atoms with E-state index in [4.69, 9.17) is 0 Å². The first-order valence-electron chi connectivity index (χ1n) is 9.08. The van der Waals surface area contributed by atoms with Gasteiger partial charge in [-0.05, 0) is 78.6 Å². The van der Waals surface area contributed by atoms with Crippen LogP contribution in [0.1, 0.15) is 44.0 Å². The van der Waals surface area contributed by atoms with Crippen molar-refractivity contribution in [3.05, 3.63) is 81.5 Å². The van der Waals surface area contributed by atoms with Crippen LogP contribution in [0.3, 0.4) is 0 Å². The molecular weight excluding hydrogens is 356 g/mol. The van der Waals surface area contributed by atoms with E-state index in [0.717, 1.165) is 18.5 Å². The van der Waals surface area contributed by atoms with Crippen molar-refractivity contribution >= 4 is 34.5 Å². The molecule has 1 aliphatic carbocycles. The first-order chi connectivity index (χ1) is 13.2. The van der Waals surface area contributed by atoms with Gasteiger partial charge < -0.3 is 10.6 Å². The number of nitrogens with one attached hydrogen (secondary N) is 2. The summed E-state index contributed by atoms with van der Waals surface area (Å²) in [6.07, 6.45) is 4.47. The average Bonchev–Trinajstić information content (AvgIpc) is 3.24. The molecule has 1 heterocycles. The summed E-state index contributed by atoms with van der Waals surface area (Å²) in [5, 5.41) is 7.75. The van der Waals surface area contributed by atoms with Crippen LogP contribution in [0.25, 0.3) is 0 Å². The Morgan fingerprint density at radius 2 is 1.63 bits per heavy atom. The van der Waals surface area contributed by atoms with Gasteiger partial charge in [0.05, 0.1) is 4.88 Å². The molecule has 4 nitrogen and oxygen atoms in total. The molecule has 0 radical (unpaired) electrons. The standard InChI is InChI=1S/C22H20N2O2S/c25-21(24-19-8-3-6-15-5-1-2-7-18(15)19)16-10-12-17(13-11-16)23-22(26)20-9-4-14-27-20/h3-4,6,8-14H,1-2,5,7H2,(H,23,26)(H,24,25). The summed E-state index contributed by atoms with van der Waals surface area (Å²) >= 11 is 1.39. The third-order valence-electron chi connectivity index (χ3n) is 4.79. The quantitative estimate of drug-likeness (QED) is 0.663. The number of fused-ring (bicyclic) bond motifs is 1. The van der Waals surface area contributed by atoms with Crippen LogP contribution >= 0.6 is 11.3 Å². The molecule has 2 amide bonds. The molecule has 136 valence electrons. The predicted molar refractivity (Wildman–Crippen MR) is 110 cm³/mol. The van der Waals surface area contributed by atoms with Gasteiger partial charge in [-0.15, -0.1) is 11.3 Å². The van der Waals surface area contributed by atoms with Crippen molar-refractivity contribution in [1.82, 2.24) is 0 Å². The highest BCUT2D eigenvalue weighted by Gasteiger charge is 2.15. The summed E-state index contributed by atoms with van der Waals surface area (Å²) in [6.45, 7) is 0. The molecule has 27 heavy (non-hydrogen) atoms. The first kappa shape index (κ1) is 17.5. The lowest BCUT2D eigenvalue weighted by atomic mass is 9.90. The van der Waals surface area contributed by atoms with E-state index in [9.17, 15) is 9.59 Å². The van der Waals surface area contributed by atoms with E-state index in [1.807, 2.05) is 23.6 Å². The molecule has 0 atom stereocenters. The van der Waals surface area contributed by atoms with E-state index in [-0.39, 0.29) is 11.8 Å². The maximum absolute atomic E-state index is 12.6. The van der Waals surface area contributed by atoms with Crippen LogP contribution in [0.2, 0.25) is 0 Å². The van der Waals surface area contributed by atoms with E-state index < -0.39 is 0 Å². The van der Waals surface area contributed by atoms with Crippen LogP contribution in [-0.4, -0.2) is 11.8 Å². The lowest BCUT2D eigenvalue weighted by Gasteiger charge is -2.19. The highest BCUT2D eigenvalue weighted by Crippen LogP contribution is 2.28. The van der Waals surface area contributed by atoms with E-state index in [1.165, 1.54) is 35.3 Å². The van der Waals surface area contributed by atoms with Crippen molar-refractivity contribution in [3.63, 3.8) is 0 Å². The third-order valence-corrected chi connectivity index (χ3v) is 5.66. The molecule has 3 aromatic rings. The van der Waals surface area contributed by atoms with Crippen molar-refractivity contribution in [2.45, 2.75) is 25.7 Å². The highest BCUT2D eigenvalue weighted by atomic mass is 32.1. The Kier molecular flexibility index (Phi) is 5.03. The van der Waals surface area contributed by atoms with Crippen molar-refractivity contribution in [2.24, 2.45) is 0 Å². The molecule has 4 rings (SSSR count). The summed E-state index contributed by atoms with van der Waals surface area (Å²) in [4.78, 5) is 25.4.